The van der Waals surface area contributed by atoms with E-state index < -0.39 is 12.0 Å². The number of carboxylic acid groups (broad SMARTS) is 1. The van der Waals surface area contributed by atoms with Gasteiger partial charge in [0, 0.05) is 6.42 Å². The predicted molar refractivity (Wildman–Crippen MR) is 79.1 cm³/mol. The van der Waals surface area contributed by atoms with Crippen LogP contribution >= 0.6 is 0 Å². The van der Waals surface area contributed by atoms with Crippen molar-refractivity contribution in [3.8, 4) is 0 Å². The lowest BCUT2D eigenvalue weighted by Gasteiger charge is -2.17. The Hall–Kier alpha value is -2.10. The summed E-state index contributed by atoms with van der Waals surface area (Å²) in [6.07, 6.45) is 4.75. The van der Waals surface area contributed by atoms with Crippen LogP contribution in [0.4, 0.5) is 0 Å². The molecule has 0 fully saturated rings. The van der Waals surface area contributed by atoms with Crippen molar-refractivity contribution in [3.63, 3.8) is 0 Å². The number of benzene rings is 1. The zero-order valence-corrected chi connectivity index (χ0v) is 11.9. The van der Waals surface area contributed by atoms with Crippen LogP contribution in [0.3, 0.4) is 0 Å². The van der Waals surface area contributed by atoms with Gasteiger partial charge in [-0.15, -0.1) is 0 Å². The Kier molecular flexibility index (Phi) is 6.50. The van der Waals surface area contributed by atoms with Gasteiger partial charge in [0.1, 0.15) is 6.04 Å². The van der Waals surface area contributed by atoms with Gasteiger partial charge in [-0.3, -0.25) is 4.79 Å². The second-order valence-electron chi connectivity index (χ2n) is 4.98. The van der Waals surface area contributed by atoms with Crippen molar-refractivity contribution in [2.75, 3.05) is 0 Å². The summed E-state index contributed by atoms with van der Waals surface area (Å²) in [7, 11) is 0. The van der Waals surface area contributed by atoms with Crippen LogP contribution in [0.15, 0.2) is 36.4 Å². The molecule has 0 bridgehead atoms. The van der Waals surface area contributed by atoms with Crippen molar-refractivity contribution in [2.24, 2.45) is 5.92 Å². The van der Waals surface area contributed by atoms with Gasteiger partial charge in [-0.1, -0.05) is 56.3 Å². The van der Waals surface area contributed by atoms with E-state index in [2.05, 4.69) is 5.32 Å². The van der Waals surface area contributed by atoms with Crippen LogP contribution in [0.25, 0.3) is 6.08 Å². The summed E-state index contributed by atoms with van der Waals surface area (Å²) >= 11 is 0. The van der Waals surface area contributed by atoms with Crippen LogP contribution in [0.1, 0.15) is 32.3 Å². The van der Waals surface area contributed by atoms with Crippen molar-refractivity contribution in [2.45, 2.75) is 32.7 Å². The number of carboxylic acids is 1. The molecule has 0 aromatic heterocycles. The van der Waals surface area contributed by atoms with E-state index in [1.807, 2.05) is 42.5 Å². The van der Waals surface area contributed by atoms with Gasteiger partial charge < -0.3 is 10.4 Å². The minimum atomic E-state index is -0.992. The monoisotopic (exact) mass is 275 g/mol. The average Bonchev–Trinajstić information content (AvgIpc) is 2.41. The fourth-order valence-corrected chi connectivity index (χ4v) is 1.76. The molecule has 1 unspecified atom stereocenters. The molecule has 0 aliphatic carbocycles. The Morgan fingerprint density at radius 1 is 1.25 bits per heavy atom. The number of carbonyl (C=O) groups is 2. The summed E-state index contributed by atoms with van der Waals surface area (Å²) in [6.45, 7) is 3.54. The number of carbonyl (C=O) groups excluding carboxylic acids is 1. The lowest BCUT2D eigenvalue weighted by Crippen LogP contribution is -2.44. The van der Waals surface area contributed by atoms with Gasteiger partial charge in [0.15, 0.2) is 0 Å². The van der Waals surface area contributed by atoms with E-state index in [4.69, 9.17) is 5.11 Å². The maximum absolute atomic E-state index is 11.7. The van der Waals surface area contributed by atoms with E-state index >= 15 is 0 Å². The predicted octanol–water partition coefficient (Wildman–Crippen LogP) is 2.71. The zero-order valence-electron chi connectivity index (χ0n) is 11.9. The molecule has 0 heterocycles. The third kappa shape index (κ3) is 5.69. The largest absolute Gasteiger partial charge is 0.480 e. The summed E-state index contributed by atoms with van der Waals surface area (Å²) in [4.78, 5) is 22.6. The molecule has 4 nitrogen and oxygen atoms in total. The highest BCUT2D eigenvalue weighted by Gasteiger charge is 2.22. The van der Waals surface area contributed by atoms with Gasteiger partial charge in [-0.25, -0.2) is 4.79 Å². The first kappa shape index (κ1) is 16.0. The van der Waals surface area contributed by atoms with Crippen LogP contribution in [0, 0.1) is 5.92 Å². The maximum Gasteiger partial charge on any atom is 0.326 e. The van der Waals surface area contributed by atoms with Crippen LogP contribution in [-0.2, 0) is 9.59 Å². The molecular weight excluding hydrogens is 254 g/mol. The van der Waals surface area contributed by atoms with Crippen LogP contribution in [0.2, 0.25) is 0 Å². The Balaban J connectivity index is 2.36. The van der Waals surface area contributed by atoms with Gasteiger partial charge in [0.25, 0.3) is 0 Å². The molecule has 0 aliphatic rings. The third-order valence-corrected chi connectivity index (χ3v) is 2.90. The molecule has 0 aliphatic heterocycles. The maximum atomic E-state index is 11.7. The first-order valence-corrected chi connectivity index (χ1v) is 6.74. The number of rotatable bonds is 7. The highest BCUT2D eigenvalue weighted by molar-refractivity contribution is 5.83. The highest BCUT2D eigenvalue weighted by atomic mass is 16.4. The quantitative estimate of drug-likeness (QED) is 0.804. The number of hydrogen-bond acceptors (Lipinski definition) is 2. The van der Waals surface area contributed by atoms with Crippen molar-refractivity contribution < 1.29 is 14.7 Å². The summed E-state index contributed by atoms with van der Waals surface area (Å²) in [5.74, 6) is -1.35. The Bertz CT molecular complexity index is 466. The molecule has 4 heteroatoms. The molecule has 1 atom stereocenters. The molecule has 2 N–H and O–H groups in total. The Morgan fingerprint density at radius 2 is 1.90 bits per heavy atom. The number of aliphatic carboxylic acids is 1. The fraction of sp³-hybridized carbons (Fsp3) is 0.375. The topological polar surface area (TPSA) is 66.4 Å². The minimum Gasteiger partial charge on any atom is -0.480 e. The van der Waals surface area contributed by atoms with E-state index in [0.29, 0.717) is 12.8 Å². The first-order valence-electron chi connectivity index (χ1n) is 6.74. The van der Waals surface area contributed by atoms with Crippen molar-refractivity contribution >= 4 is 18.0 Å². The smallest absolute Gasteiger partial charge is 0.326 e. The number of allylic oxidation sites excluding steroid dienone is 1. The van der Waals surface area contributed by atoms with Crippen molar-refractivity contribution in [1.82, 2.24) is 5.32 Å². The standard InChI is InChI=1S/C16H21NO3/c1-12(2)15(16(19)20)17-14(18)11-7-6-10-13-8-4-3-5-9-13/h3-6,8-10,12,15H,7,11H2,1-2H3,(H,17,18)(H,19,20)/b10-6+. The van der Waals surface area contributed by atoms with Crippen LogP contribution in [-0.4, -0.2) is 23.0 Å². The zero-order chi connectivity index (χ0) is 15.0. The first-order chi connectivity index (χ1) is 9.50. The van der Waals surface area contributed by atoms with E-state index in [1.54, 1.807) is 13.8 Å². The normalized spacial score (nSPS) is 12.6. The highest BCUT2D eigenvalue weighted by Crippen LogP contribution is 2.05. The van der Waals surface area contributed by atoms with Gasteiger partial charge >= 0.3 is 5.97 Å². The van der Waals surface area contributed by atoms with Crippen molar-refractivity contribution in [3.05, 3.63) is 42.0 Å². The lowest BCUT2D eigenvalue weighted by atomic mass is 10.0. The van der Waals surface area contributed by atoms with Gasteiger partial charge in [-0.2, -0.15) is 0 Å². The average molecular weight is 275 g/mol. The van der Waals surface area contributed by atoms with E-state index in [1.165, 1.54) is 0 Å². The molecule has 0 saturated heterocycles. The van der Waals surface area contributed by atoms with E-state index in [-0.39, 0.29) is 11.8 Å². The molecule has 1 amide bonds. The molecule has 0 radical (unpaired) electrons. The van der Waals surface area contributed by atoms with Crippen molar-refractivity contribution in [1.29, 1.82) is 0 Å². The van der Waals surface area contributed by atoms with Gasteiger partial charge in [0.05, 0.1) is 0 Å². The number of hydrogen-bond donors (Lipinski definition) is 2. The second-order valence-corrected chi connectivity index (χ2v) is 4.98. The minimum absolute atomic E-state index is 0.128. The second kappa shape index (κ2) is 8.15. The van der Waals surface area contributed by atoms with E-state index in [0.717, 1.165) is 5.56 Å². The Morgan fingerprint density at radius 3 is 2.45 bits per heavy atom. The molecule has 0 saturated carbocycles. The molecule has 0 spiro atoms. The molecule has 1 aromatic carbocycles. The summed E-state index contributed by atoms with van der Waals surface area (Å²) < 4.78 is 0. The Labute approximate surface area is 119 Å². The van der Waals surface area contributed by atoms with Crippen LogP contribution < -0.4 is 5.32 Å². The molecule has 108 valence electrons. The number of nitrogens with one attached hydrogen (secondary N) is 1. The third-order valence-electron chi connectivity index (χ3n) is 2.90. The molecular formula is C16H21NO3. The van der Waals surface area contributed by atoms with Gasteiger partial charge in [0.2, 0.25) is 5.91 Å². The summed E-state index contributed by atoms with van der Waals surface area (Å²) in [6, 6.07) is 8.99. The van der Waals surface area contributed by atoms with Gasteiger partial charge in [-0.05, 0) is 17.9 Å². The van der Waals surface area contributed by atoms with Crippen LogP contribution in [0.5, 0.6) is 0 Å². The summed E-state index contributed by atoms with van der Waals surface area (Å²) in [5.41, 5.74) is 1.08. The molecule has 1 aromatic rings. The lowest BCUT2D eigenvalue weighted by molar-refractivity contribution is -0.143. The molecule has 1 rings (SSSR count). The fourth-order valence-electron chi connectivity index (χ4n) is 1.76. The number of amides is 1. The van der Waals surface area contributed by atoms with E-state index in [9.17, 15) is 9.59 Å². The summed E-state index contributed by atoms with van der Waals surface area (Å²) in [5, 5.41) is 11.5. The SMILES string of the molecule is CC(C)C(NC(=O)CC/C=C/c1ccccc1)C(=O)O. The molecule has 20 heavy (non-hydrogen) atoms.